The molecule has 0 aromatic carbocycles. The minimum absolute atomic E-state index is 0.0761. The number of aromatic hydroxyl groups is 1. The molecule has 0 saturated heterocycles. The fourth-order valence-electron chi connectivity index (χ4n) is 0.916. The summed E-state index contributed by atoms with van der Waals surface area (Å²) in [5.74, 6) is -0.268. The Morgan fingerprint density at radius 1 is 1.69 bits per heavy atom. The number of pyridine rings is 1. The summed E-state index contributed by atoms with van der Waals surface area (Å²) < 4.78 is 0. The van der Waals surface area contributed by atoms with E-state index in [1.54, 1.807) is 7.05 Å². The Balaban J connectivity index is 2.95. The number of hydrogen-bond donors (Lipinski definition) is 1. The highest BCUT2D eigenvalue weighted by Gasteiger charge is 2.13. The average Bonchev–Trinajstić information content (AvgIpc) is 2.16. The Kier molecular flexibility index (Phi) is 2.84. The molecule has 1 amide bonds. The van der Waals surface area contributed by atoms with E-state index in [-0.39, 0.29) is 11.7 Å². The van der Waals surface area contributed by atoms with Gasteiger partial charge in [-0.25, -0.2) is 0 Å². The maximum atomic E-state index is 11.5. The molecule has 13 heavy (non-hydrogen) atoms. The number of carbonyl (C=O) groups excluding carboxylic acids is 1. The third kappa shape index (κ3) is 1.96. The molecule has 4 heteroatoms. The van der Waals surface area contributed by atoms with Crippen molar-refractivity contribution in [3.63, 3.8) is 0 Å². The van der Waals surface area contributed by atoms with Gasteiger partial charge in [-0.15, -0.1) is 0 Å². The van der Waals surface area contributed by atoms with Crippen molar-refractivity contribution in [1.29, 1.82) is 0 Å². The zero-order valence-electron chi connectivity index (χ0n) is 7.69. The van der Waals surface area contributed by atoms with Gasteiger partial charge in [-0.1, -0.05) is 0 Å². The molecule has 0 unspecified atom stereocenters. The fourth-order valence-corrected chi connectivity index (χ4v) is 0.916. The van der Waals surface area contributed by atoms with E-state index in [9.17, 15) is 9.90 Å². The average molecular weight is 180 g/mol. The lowest BCUT2D eigenvalue weighted by molar-refractivity contribution is 0.0799. The normalized spacial score (nSPS) is 9.69. The molecular weight excluding hydrogens is 168 g/mol. The second-order valence-electron chi connectivity index (χ2n) is 2.71. The van der Waals surface area contributed by atoms with Gasteiger partial charge in [-0.3, -0.25) is 9.78 Å². The first-order valence-corrected chi connectivity index (χ1v) is 4.05. The molecule has 0 fully saturated rings. The van der Waals surface area contributed by atoms with Crippen LogP contribution in [0, 0.1) is 0 Å². The van der Waals surface area contributed by atoms with Crippen LogP contribution in [0.25, 0.3) is 0 Å². The fraction of sp³-hybridized carbons (Fsp3) is 0.333. The summed E-state index contributed by atoms with van der Waals surface area (Å²) in [5.41, 5.74) is 0.291. The van der Waals surface area contributed by atoms with E-state index in [0.29, 0.717) is 12.1 Å². The lowest BCUT2D eigenvalue weighted by atomic mass is 10.2. The van der Waals surface area contributed by atoms with Crippen LogP contribution in [0.1, 0.15) is 17.3 Å². The van der Waals surface area contributed by atoms with Crippen LogP contribution in [0.15, 0.2) is 18.5 Å². The molecular formula is C9H12N2O2. The molecule has 0 spiro atoms. The van der Waals surface area contributed by atoms with Crippen LogP contribution in [0.3, 0.4) is 0 Å². The minimum Gasteiger partial charge on any atom is -0.505 e. The largest absolute Gasteiger partial charge is 0.505 e. The van der Waals surface area contributed by atoms with Crippen LogP contribution < -0.4 is 0 Å². The first-order chi connectivity index (χ1) is 6.16. The van der Waals surface area contributed by atoms with E-state index in [1.165, 1.54) is 23.4 Å². The number of hydrogen-bond acceptors (Lipinski definition) is 3. The van der Waals surface area contributed by atoms with Crippen molar-refractivity contribution in [1.82, 2.24) is 9.88 Å². The maximum absolute atomic E-state index is 11.5. The van der Waals surface area contributed by atoms with E-state index in [2.05, 4.69) is 4.98 Å². The molecule has 0 radical (unpaired) electrons. The molecule has 1 rings (SSSR count). The monoisotopic (exact) mass is 180 g/mol. The van der Waals surface area contributed by atoms with Crippen molar-refractivity contribution < 1.29 is 9.90 Å². The third-order valence-electron chi connectivity index (χ3n) is 1.85. The molecule has 0 atom stereocenters. The molecule has 1 aromatic heterocycles. The highest BCUT2D eigenvalue weighted by atomic mass is 16.3. The van der Waals surface area contributed by atoms with E-state index in [1.807, 2.05) is 6.92 Å². The lowest BCUT2D eigenvalue weighted by Gasteiger charge is -2.14. The van der Waals surface area contributed by atoms with Gasteiger partial charge in [0.1, 0.15) is 5.75 Å². The second-order valence-corrected chi connectivity index (χ2v) is 2.71. The molecule has 1 N–H and O–H groups in total. The summed E-state index contributed by atoms with van der Waals surface area (Å²) in [6.45, 7) is 2.48. The molecule has 0 aliphatic rings. The van der Waals surface area contributed by atoms with Crippen molar-refractivity contribution in [3.05, 3.63) is 24.0 Å². The van der Waals surface area contributed by atoms with Crippen molar-refractivity contribution >= 4 is 5.91 Å². The zero-order chi connectivity index (χ0) is 9.84. The standard InChI is InChI=1S/C9H12N2O2/c1-3-11(2)9(13)7-4-5-10-6-8(7)12/h4-6,12H,3H2,1-2H3. The summed E-state index contributed by atoms with van der Waals surface area (Å²) in [6.07, 6.45) is 2.74. The van der Waals surface area contributed by atoms with Crippen molar-refractivity contribution in [2.75, 3.05) is 13.6 Å². The van der Waals surface area contributed by atoms with E-state index in [4.69, 9.17) is 0 Å². The number of amides is 1. The Hall–Kier alpha value is -1.58. The first-order valence-electron chi connectivity index (χ1n) is 4.05. The minimum atomic E-state index is -0.192. The number of carbonyl (C=O) groups is 1. The summed E-state index contributed by atoms with van der Waals surface area (Å²) in [7, 11) is 1.68. The third-order valence-corrected chi connectivity index (χ3v) is 1.85. The van der Waals surface area contributed by atoms with Crippen LogP contribution in [0.4, 0.5) is 0 Å². The van der Waals surface area contributed by atoms with E-state index in [0.717, 1.165) is 0 Å². The summed E-state index contributed by atoms with van der Waals surface area (Å²) in [4.78, 5) is 16.7. The van der Waals surface area contributed by atoms with Crippen molar-refractivity contribution in [3.8, 4) is 5.75 Å². The summed E-state index contributed by atoms with van der Waals surface area (Å²) >= 11 is 0. The highest BCUT2D eigenvalue weighted by molar-refractivity contribution is 5.96. The zero-order valence-corrected chi connectivity index (χ0v) is 7.69. The van der Waals surface area contributed by atoms with Gasteiger partial charge >= 0.3 is 0 Å². The van der Waals surface area contributed by atoms with Crippen LogP contribution in [0.5, 0.6) is 5.75 Å². The second kappa shape index (κ2) is 3.89. The molecule has 1 aromatic rings. The SMILES string of the molecule is CCN(C)C(=O)c1ccncc1O. The van der Waals surface area contributed by atoms with Gasteiger partial charge < -0.3 is 10.0 Å². The smallest absolute Gasteiger partial charge is 0.257 e. The number of aromatic nitrogens is 1. The molecule has 70 valence electrons. The Morgan fingerprint density at radius 3 is 2.92 bits per heavy atom. The lowest BCUT2D eigenvalue weighted by Crippen LogP contribution is -2.26. The molecule has 1 heterocycles. The molecule has 4 nitrogen and oxygen atoms in total. The highest BCUT2D eigenvalue weighted by Crippen LogP contribution is 2.15. The molecule has 0 aliphatic heterocycles. The van der Waals surface area contributed by atoms with E-state index < -0.39 is 0 Å². The van der Waals surface area contributed by atoms with Crippen LogP contribution in [0.2, 0.25) is 0 Å². The summed E-state index contributed by atoms with van der Waals surface area (Å²) in [5, 5.41) is 9.32. The molecule has 0 bridgehead atoms. The van der Waals surface area contributed by atoms with Gasteiger partial charge in [0.2, 0.25) is 0 Å². The Labute approximate surface area is 76.8 Å². The topological polar surface area (TPSA) is 53.4 Å². The van der Waals surface area contributed by atoms with Crippen LogP contribution in [-0.2, 0) is 0 Å². The Morgan fingerprint density at radius 2 is 2.38 bits per heavy atom. The van der Waals surface area contributed by atoms with Gasteiger partial charge in [0.25, 0.3) is 5.91 Å². The number of nitrogens with zero attached hydrogens (tertiary/aromatic N) is 2. The predicted molar refractivity (Wildman–Crippen MR) is 48.5 cm³/mol. The van der Waals surface area contributed by atoms with Gasteiger partial charge in [-0.05, 0) is 13.0 Å². The number of rotatable bonds is 2. The van der Waals surface area contributed by atoms with Gasteiger partial charge in [0.15, 0.2) is 0 Å². The predicted octanol–water partition coefficient (Wildman–Crippen LogP) is 0.879. The van der Waals surface area contributed by atoms with Crippen molar-refractivity contribution in [2.24, 2.45) is 0 Å². The van der Waals surface area contributed by atoms with Crippen LogP contribution in [-0.4, -0.2) is 34.5 Å². The van der Waals surface area contributed by atoms with Gasteiger partial charge in [0, 0.05) is 19.8 Å². The first kappa shape index (κ1) is 9.51. The van der Waals surface area contributed by atoms with E-state index >= 15 is 0 Å². The van der Waals surface area contributed by atoms with Gasteiger partial charge in [0.05, 0.1) is 11.8 Å². The molecule has 0 saturated carbocycles. The quantitative estimate of drug-likeness (QED) is 0.735. The molecule has 0 aliphatic carbocycles. The maximum Gasteiger partial charge on any atom is 0.257 e. The van der Waals surface area contributed by atoms with Crippen LogP contribution >= 0.6 is 0 Å². The van der Waals surface area contributed by atoms with Crippen molar-refractivity contribution in [2.45, 2.75) is 6.92 Å². The Bertz CT molecular complexity index is 312. The summed E-state index contributed by atoms with van der Waals surface area (Å²) in [6, 6.07) is 1.50. The van der Waals surface area contributed by atoms with Gasteiger partial charge in [-0.2, -0.15) is 0 Å².